The first-order valence-electron chi connectivity index (χ1n) is 22.4. The molecule has 3 aromatic rings. The van der Waals surface area contributed by atoms with Gasteiger partial charge in [-0.2, -0.15) is 0 Å². The predicted octanol–water partition coefficient (Wildman–Crippen LogP) is 17.3. The Kier molecular flexibility index (Phi) is 15.9. The normalized spacial score (nSPS) is 24.1. The molecule has 3 aromatic carbocycles. The summed E-state index contributed by atoms with van der Waals surface area (Å²) >= 11 is 12.8. The Bertz CT molecular complexity index is 1490. The molecule has 0 bridgehead atoms. The highest BCUT2D eigenvalue weighted by Crippen LogP contribution is 2.83. The van der Waals surface area contributed by atoms with E-state index < -0.39 is 0 Å². The van der Waals surface area contributed by atoms with E-state index in [0.717, 1.165) is 0 Å². The lowest BCUT2D eigenvalue weighted by molar-refractivity contribution is 0.0995. The van der Waals surface area contributed by atoms with Crippen LogP contribution >= 0.6 is 70.6 Å². The van der Waals surface area contributed by atoms with E-state index in [9.17, 15) is 0 Å². The monoisotopic (exact) mass is 864 g/mol. The average Bonchev–Trinajstić information content (AvgIpc) is 3.53. The van der Waals surface area contributed by atoms with Crippen molar-refractivity contribution in [3.8, 4) is 0 Å². The van der Waals surface area contributed by atoms with Gasteiger partial charge in [0.25, 0.3) is 0 Å². The first-order chi connectivity index (χ1) is 27.1. The Morgan fingerprint density at radius 1 is 0.304 bits per heavy atom. The largest absolute Gasteiger partial charge is 0.125 e. The molecule has 0 atom stereocenters. The minimum Gasteiger partial charge on any atom is -0.125 e. The van der Waals surface area contributed by atoms with Crippen LogP contribution in [0.15, 0.2) is 65.8 Å². The molecular weight excluding hydrogens is 793 g/mol. The summed E-state index contributed by atoms with van der Waals surface area (Å²) in [4.78, 5) is 9.19. The van der Waals surface area contributed by atoms with Crippen molar-refractivity contribution in [3.05, 3.63) is 69.8 Å². The van der Waals surface area contributed by atoms with Crippen molar-refractivity contribution >= 4 is 70.6 Å². The average molecular weight is 866 g/mol. The summed E-state index contributed by atoms with van der Waals surface area (Å²) in [5.74, 6) is 7.20. The zero-order valence-electron chi connectivity index (χ0n) is 36.6. The van der Waals surface area contributed by atoms with Gasteiger partial charge in [-0.05, 0) is 143 Å². The Labute approximate surface area is 369 Å². The predicted molar refractivity (Wildman–Crippen MR) is 261 cm³/mol. The molecular formula is C50H72S6. The van der Waals surface area contributed by atoms with Gasteiger partial charge >= 0.3 is 0 Å². The van der Waals surface area contributed by atoms with E-state index in [2.05, 4.69) is 176 Å². The minimum atomic E-state index is -0.120. The maximum Gasteiger partial charge on any atom is 0.0258 e. The molecule has 0 saturated heterocycles. The zero-order valence-corrected chi connectivity index (χ0v) is 41.5. The maximum atomic E-state index is 2.75. The molecule has 3 aliphatic rings. The summed E-state index contributed by atoms with van der Waals surface area (Å²) < 4.78 is 0. The van der Waals surface area contributed by atoms with E-state index in [1.165, 1.54) is 141 Å². The topological polar surface area (TPSA) is 0 Å². The highest BCUT2D eigenvalue weighted by molar-refractivity contribution is 8.03. The van der Waals surface area contributed by atoms with Gasteiger partial charge in [-0.25, -0.2) is 0 Å². The number of rotatable bonds is 24. The maximum absolute atomic E-state index is 2.75. The van der Waals surface area contributed by atoms with Crippen LogP contribution < -0.4 is 0 Å². The number of thioether (sulfide) groups is 6. The molecule has 0 radical (unpaired) electrons. The standard InChI is InChI=1S/C50H72S6/c1-11-17-23-51-41-29-35-36(30-42(41)52-24-18-12-2)48(8)39-33-45(55-27-21-15-5)46(56-28-22-16-6)34-40(39)49(9)38-32-44(54-26-20-14-4)43(53-25-19-13-3)31-37(38)47(35,7)50(48,49)10/h29-34H,11-28H2,1-10H3. The van der Waals surface area contributed by atoms with E-state index in [4.69, 9.17) is 0 Å². The van der Waals surface area contributed by atoms with Crippen molar-refractivity contribution in [1.29, 1.82) is 0 Å². The third kappa shape index (κ3) is 7.55. The quantitative estimate of drug-likeness (QED) is 0.0645. The molecule has 308 valence electrons. The third-order valence-electron chi connectivity index (χ3n) is 14.0. The minimum absolute atomic E-state index is 0.0613. The molecule has 3 aliphatic carbocycles. The van der Waals surface area contributed by atoms with Crippen molar-refractivity contribution < 1.29 is 0 Å². The second-order valence-electron chi connectivity index (χ2n) is 17.2. The molecule has 0 fully saturated rings. The van der Waals surface area contributed by atoms with Crippen molar-refractivity contribution in [2.24, 2.45) is 5.41 Å². The SMILES string of the molecule is CCCCSc1cc2c(cc1SCCCC)C1(C)c3cc(SCCCC)c(SCCCC)cc3C3(C)c4cc(SCCCC)c(SCCCC)cc4C2(C)C13C. The van der Waals surface area contributed by atoms with Crippen LogP contribution in [0.4, 0.5) is 0 Å². The van der Waals surface area contributed by atoms with E-state index in [0.29, 0.717) is 0 Å². The summed E-state index contributed by atoms with van der Waals surface area (Å²) in [6.45, 7) is 24.9. The van der Waals surface area contributed by atoms with E-state index in [-0.39, 0.29) is 21.7 Å². The van der Waals surface area contributed by atoms with E-state index in [1.807, 2.05) is 0 Å². The van der Waals surface area contributed by atoms with Crippen molar-refractivity contribution in [2.45, 2.75) is 192 Å². The highest BCUT2D eigenvalue weighted by Gasteiger charge is 2.80. The molecule has 6 rings (SSSR count). The first kappa shape index (κ1) is 45.3. The number of hydrogen-bond acceptors (Lipinski definition) is 6. The summed E-state index contributed by atoms with van der Waals surface area (Å²) in [6, 6.07) is 16.5. The summed E-state index contributed by atoms with van der Waals surface area (Å²) in [5, 5.41) is 0. The van der Waals surface area contributed by atoms with Gasteiger partial charge in [-0.15, -0.1) is 70.6 Å². The number of benzene rings is 3. The zero-order chi connectivity index (χ0) is 40.1. The molecule has 0 saturated carbocycles. The van der Waals surface area contributed by atoms with Gasteiger partial charge in [0.2, 0.25) is 0 Å². The molecule has 0 aliphatic heterocycles. The Morgan fingerprint density at radius 3 is 0.607 bits per heavy atom. The molecule has 56 heavy (non-hydrogen) atoms. The number of fused-ring (bicyclic) bond motifs is 9. The number of hydrogen-bond donors (Lipinski definition) is 0. The van der Waals surface area contributed by atoms with Crippen LogP contribution in [-0.4, -0.2) is 34.5 Å². The van der Waals surface area contributed by atoms with Crippen molar-refractivity contribution in [3.63, 3.8) is 0 Å². The van der Waals surface area contributed by atoms with Gasteiger partial charge < -0.3 is 0 Å². The van der Waals surface area contributed by atoms with Crippen LogP contribution in [-0.2, 0) is 16.2 Å². The van der Waals surface area contributed by atoms with Gasteiger partial charge in [0.1, 0.15) is 0 Å². The smallest absolute Gasteiger partial charge is 0.0258 e. The molecule has 0 amide bonds. The van der Waals surface area contributed by atoms with Crippen LogP contribution in [0.25, 0.3) is 0 Å². The van der Waals surface area contributed by atoms with Gasteiger partial charge in [0.05, 0.1) is 0 Å². The third-order valence-corrected chi connectivity index (χ3v) is 21.3. The lowest BCUT2D eigenvalue weighted by Crippen LogP contribution is -2.51. The van der Waals surface area contributed by atoms with Gasteiger partial charge in [0, 0.05) is 51.0 Å². The van der Waals surface area contributed by atoms with E-state index in [1.54, 1.807) is 33.4 Å². The lowest BCUT2D eigenvalue weighted by atomic mass is 9.52. The van der Waals surface area contributed by atoms with Crippen LogP contribution in [0.2, 0.25) is 0 Å². The Hall–Kier alpha value is -0.240. The molecule has 0 unspecified atom stereocenters. The molecule has 0 heterocycles. The van der Waals surface area contributed by atoms with Gasteiger partial charge in [0.15, 0.2) is 0 Å². The van der Waals surface area contributed by atoms with Gasteiger partial charge in [-0.3, -0.25) is 0 Å². The van der Waals surface area contributed by atoms with Crippen LogP contribution in [0.5, 0.6) is 0 Å². The molecule has 6 heteroatoms. The van der Waals surface area contributed by atoms with Crippen LogP contribution in [0.1, 0.15) is 180 Å². The summed E-state index contributed by atoms with van der Waals surface area (Å²) in [5.41, 5.74) is 9.30. The highest BCUT2D eigenvalue weighted by atomic mass is 32.2. The number of unbranched alkanes of at least 4 members (excludes halogenated alkanes) is 6. The molecule has 0 aromatic heterocycles. The van der Waals surface area contributed by atoms with Crippen molar-refractivity contribution in [1.82, 2.24) is 0 Å². The van der Waals surface area contributed by atoms with Crippen LogP contribution in [0, 0.1) is 5.41 Å². The Balaban J connectivity index is 1.68. The fourth-order valence-electron chi connectivity index (χ4n) is 10.3. The molecule has 0 nitrogen and oxygen atoms in total. The van der Waals surface area contributed by atoms with E-state index >= 15 is 0 Å². The second-order valence-corrected chi connectivity index (χ2v) is 24.1. The summed E-state index contributed by atoms with van der Waals surface area (Å²) in [6.07, 6.45) is 15.1. The molecule has 0 spiro atoms. The van der Waals surface area contributed by atoms with Crippen LogP contribution in [0.3, 0.4) is 0 Å². The first-order valence-corrected chi connectivity index (χ1v) is 28.3. The van der Waals surface area contributed by atoms with Gasteiger partial charge in [-0.1, -0.05) is 108 Å². The molecule has 0 N–H and O–H groups in total. The van der Waals surface area contributed by atoms with Crippen molar-refractivity contribution in [2.75, 3.05) is 34.5 Å². The second kappa shape index (κ2) is 19.6. The fraction of sp³-hybridized carbons (Fsp3) is 0.640. The fourth-order valence-corrected chi connectivity index (χ4v) is 17.7. The lowest BCUT2D eigenvalue weighted by Gasteiger charge is -2.49. The Morgan fingerprint density at radius 2 is 0.464 bits per heavy atom. The summed E-state index contributed by atoms with van der Waals surface area (Å²) in [7, 11) is 0.